The summed E-state index contributed by atoms with van der Waals surface area (Å²) < 4.78 is 0. The van der Waals surface area contributed by atoms with Crippen LogP contribution >= 0.6 is 11.6 Å². The zero-order valence-electron chi connectivity index (χ0n) is 10.6. The van der Waals surface area contributed by atoms with E-state index in [1.54, 1.807) is 6.20 Å². The van der Waals surface area contributed by atoms with Crippen LogP contribution in [-0.4, -0.2) is 20.8 Å². The fourth-order valence-electron chi connectivity index (χ4n) is 2.13. The van der Waals surface area contributed by atoms with Crippen molar-refractivity contribution >= 4 is 28.3 Å². The average Bonchev–Trinajstić information content (AvgIpc) is 2.46. The Hall–Kier alpha value is -2.73. The predicted molar refractivity (Wildman–Crippen MR) is 79.2 cm³/mol. The molecule has 100 valence electrons. The second-order valence-electron chi connectivity index (χ2n) is 4.43. The largest absolute Gasteiger partial charge is 0.255 e. The van der Waals surface area contributed by atoms with Crippen LogP contribution in [0.2, 0.25) is 5.02 Å². The lowest BCUT2D eigenvalue weighted by atomic mass is 10.1. The van der Waals surface area contributed by atoms with Crippen molar-refractivity contribution in [3.8, 4) is 11.3 Å². The lowest BCUT2D eigenvalue weighted by Crippen LogP contribution is -2.04. The fourth-order valence-corrected chi connectivity index (χ4v) is 2.40. The van der Waals surface area contributed by atoms with Crippen molar-refractivity contribution in [2.75, 3.05) is 0 Å². The average molecular weight is 295 g/mol. The van der Waals surface area contributed by atoms with Gasteiger partial charge in [0.1, 0.15) is 12.0 Å². The van der Waals surface area contributed by atoms with Gasteiger partial charge in [0.25, 0.3) is 0 Å². The SMILES string of the molecule is Clc1cc(-c2cc(C3=NN=N3)ncn2)cc2cccnc12. The number of halogens is 1. The third kappa shape index (κ3) is 2.05. The molecule has 0 saturated carbocycles. The molecule has 21 heavy (non-hydrogen) atoms. The van der Waals surface area contributed by atoms with E-state index in [-0.39, 0.29) is 0 Å². The number of hydrogen-bond donors (Lipinski definition) is 0. The van der Waals surface area contributed by atoms with Gasteiger partial charge in [0, 0.05) is 17.1 Å². The molecule has 2 aromatic heterocycles. The molecule has 0 saturated heterocycles. The van der Waals surface area contributed by atoms with Crippen LogP contribution in [0.15, 0.2) is 58.3 Å². The Bertz CT molecular complexity index is 918. The van der Waals surface area contributed by atoms with Gasteiger partial charge < -0.3 is 0 Å². The van der Waals surface area contributed by atoms with Gasteiger partial charge in [-0.25, -0.2) is 9.97 Å². The summed E-state index contributed by atoms with van der Waals surface area (Å²) in [5.41, 5.74) is 3.05. The minimum atomic E-state index is 0.507. The maximum Gasteiger partial charge on any atom is 0.225 e. The Labute approximate surface area is 124 Å². The summed E-state index contributed by atoms with van der Waals surface area (Å²) in [7, 11) is 0. The number of pyridine rings is 1. The molecule has 3 aromatic rings. The van der Waals surface area contributed by atoms with Crippen molar-refractivity contribution in [1.29, 1.82) is 0 Å². The monoisotopic (exact) mass is 294 g/mol. The summed E-state index contributed by atoms with van der Waals surface area (Å²) in [6.45, 7) is 0. The highest BCUT2D eigenvalue weighted by Crippen LogP contribution is 2.28. The summed E-state index contributed by atoms with van der Waals surface area (Å²) in [5.74, 6) is 0.507. The molecule has 0 atom stereocenters. The molecular weight excluding hydrogens is 288 g/mol. The van der Waals surface area contributed by atoms with Crippen LogP contribution < -0.4 is 0 Å². The molecule has 0 spiro atoms. The smallest absolute Gasteiger partial charge is 0.225 e. The molecular formula is C14H7ClN6. The molecule has 0 fully saturated rings. The van der Waals surface area contributed by atoms with E-state index >= 15 is 0 Å². The highest BCUT2D eigenvalue weighted by molar-refractivity contribution is 6.35. The first-order valence-electron chi connectivity index (χ1n) is 6.17. The highest BCUT2D eigenvalue weighted by atomic mass is 35.5. The van der Waals surface area contributed by atoms with Crippen molar-refractivity contribution in [2.24, 2.45) is 15.4 Å². The van der Waals surface area contributed by atoms with Crippen LogP contribution in [0.4, 0.5) is 0 Å². The van der Waals surface area contributed by atoms with Gasteiger partial charge in [-0.3, -0.25) is 4.98 Å². The summed E-state index contributed by atoms with van der Waals surface area (Å²) >= 11 is 6.29. The number of benzene rings is 1. The third-order valence-electron chi connectivity index (χ3n) is 3.13. The molecule has 0 N–H and O–H groups in total. The molecule has 0 radical (unpaired) electrons. The van der Waals surface area contributed by atoms with Crippen molar-refractivity contribution in [3.63, 3.8) is 0 Å². The van der Waals surface area contributed by atoms with Crippen molar-refractivity contribution in [1.82, 2.24) is 15.0 Å². The zero-order chi connectivity index (χ0) is 14.2. The minimum Gasteiger partial charge on any atom is -0.255 e. The molecule has 0 amide bonds. The van der Waals surface area contributed by atoms with E-state index in [4.69, 9.17) is 11.6 Å². The number of hydrogen-bond acceptors (Lipinski definition) is 6. The van der Waals surface area contributed by atoms with Gasteiger partial charge in [-0.1, -0.05) is 17.7 Å². The first kappa shape index (κ1) is 12.0. The van der Waals surface area contributed by atoms with E-state index < -0.39 is 0 Å². The predicted octanol–water partition coefficient (Wildman–Crippen LogP) is 3.47. The molecule has 1 aromatic carbocycles. The Balaban J connectivity index is 1.86. The third-order valence-corrected chi connectivity index (χ3v) is 3.42. The van der Waals surface area contributed by atoms with E-state index in [9.17, 15) is 0 Å². The van der Waals surface area contributed by atoms with Gasteiger partial charge in [0.2, 0.25) is 5.84 Å². The Morgan fingerprint density at radius 2 is 1.81 bits per heavy atom. The van der Waals surface area contributed by atoms with Gasteiger partial charge in [-0.05, 0) is 29.5 Å². The number of amidine groups is 1. The van der Waals surface area contributed by atoms with E-state index in [0.717, 1.165) is 22.2 Å². The fraction of sp³-hybridized carbons (Fsp3) is 0. The van der Waals surface area contributed by atoms with Crippen molar-refractivity contribution < 1.29 is 0 Å². The van der Waals surface area contributed by atoms with E-state index in [1.165, 1.54) is 6.33 Å². The maximum absolute atomic E-state index is 6.29. The van der Waals surface area contributed by atoms with Gasteiger partial charge in [0.05, 0.1) is 16.2 Å². The quantitative estimate of drug-likeness (QED) is 0.726. The van der Waals surface area contributed by atoms with Crippen LogP contribution in [0, 0.1) is 0 Å². The van der Waals surface area contributed by atoms with Crippen molar-refractivity contribution in [2.45, 2.75) is 0 Å². The second kappa shape index (κ2) is 4.68. The number of aromatic nitrogens is 3. The number of nitrogens with zero attached hydrogens (tertiary/aromatic N) is 6. The molecule has 7 heteroatoms. The normalized spacial score (nSPS) is 13.1. The molecule has 1 aliphatic heterocycles. The Kier molecular flexibility index (Phi) is 2.68. The summed E-state index contributed by atoms with van der Waals surface area (Å²) in [4.78, 5) is 12.7. The molecule has 0 unspecified atom stereocenters. The number of rotatable bonds is 2. The van der Waals surface area contributed by atoms with Crippen LogP contribution in [0.3, 0.4) is 0 Å². The lowest BCUT2D eigenvalue weighted by molar-refractivity contribution is 0.975. The van der Waals surface area contributed by atoms with E-state index in [0.29, 0.717) is 16.6 Å². The summed E-state index contributed by atoms with van der Waals surface area (Å²) in [6, 6.07) is 9.48. The van der Waals surface area contributed by atoms with E-state index in [1.807, 2.05) is 30.3 Å². The van der Waals surface area contributed by atoms with Crippen LogP contribution in [-0.2, 0) is 0 Å². The summed E-state index contributed by atoms with van der Waals surface area (Å²) in [5, 5.41) is 12.6. The van der Waals surface area contributed by atoms with E-state index in [2.05, 4.69) is 30.4 Å². The first-order chi connectivity index (χ1) is 10.3. The highest BCUT2D eigenvalue weighted by Gasteiger charge is 2.13. The van der Waals surface area contributed by atoms with Crippen LogP contribution in [0.5, 0.6) is 0 Å². The maximum atomic E-state index is 6.29. The molecule has 3 heterocycles. The van der Waals surface area contributed by atoms with Gasteiger partial charge in [0.15, 0.2) is 0 Å². The van der Waals surface area contributed by atoms with Crippen LogP contribution in [0.1, 0.15) is 5.69 Å². The molecule has 4 rings (SSSR count). The van der Waals surface area contributed by atoms with Gasteiger partial charge in [-0.2, -0.15) is 0 Å². The Morgan fingerprint density at radius 1 is 0.952 bits per heavy atom. The topological polar surface area (TPSA) is 75.8 Å². The number of fused-ring (bicyclic) bond motifs is 1. The summed E-state index contributed by atoms with van der Waals surface area (Å²) in [6.07, 6.45) is 3.19. The van der Waals surface area contributed by atoms with Gasteiger partial charge in [-0.15, -0.1) is 10.2 Å². The zero-order valence-corrected chi connectivity index (χ0v) is 11.4. The minimum absolute atomic E-state index is 0.507. The van der Waals surface area contributed by atoms with Crippen molar-refractivity contribution in [3.05, 3.63) is 53.6 Å². The first-order valence-corrected chi connectivity index (χ1v) is 6.55. The second-order valence-corrected chi connectivity index (χ2v) is 4.84. The van der Waals surface area contributed by atoms with Crippen LogP contribution in [0.25, 0.3) is 22.2 Å². The lowest BCUT2D eigenvalue weighted by Gasteiger charge is -2.07. The molecule has 0 bridgehead atoms. The standard InChI is InChI=1S/C14H7ClN6/c15-10-5-9(4-8-2-1-3-16-13(8)10)11-6-12(18-7-17-11)14-19-21-20-14/h1-7H. The molecule has 0 aliphatic carbocycles. The molecule has 6 nitrogen and oxygen atoms in total. The Morgan fingerprint density at radius 3 is 2.62 bits per heavy atom. The molecule has 1 aliphatic rings. The van der Waals surface area contributed by atoms with Gasteiger partial charge >= 0.3 is 0 Å².